The van der Waals surface area contributed by atoms with Crippen molar-refractivity contribution in [2.75, 3.05) is 19.6 Å². The zero-order valence-electron chi connectivity index (χ0n) is 11.8. The first-order valence-electron chi connectivity index (χ1n) is 6.75. The monoisotopic (exact) mass is 233 g/mol. The van der Waals surface area contributed by atoms with Crippen LogP contribution in [0.1, 0.15) is 40.0 Å². The molecule has 0 amide bonds. The molecular weight excluding hydrogens is 206 g/mol. The van der Waals surface area contributed by atoms with Gasteiger partial charge < -0.3 is 0 Å². The van der Waals surface area contributed by atoms with Gasteiger partial charge in [0, 0.05) is 13.1 Å². The minimum absolute atomic E-state index is 0.827. The maximum Gasteiger partial charge on any atom is 0.0238 e. The molecule has 1 nitrogen and oxygen atoms in total. The summed E-state index contributed by atoms with van der Waals surface area (Å²) in [5.41, 5.74) is 3.82. The Bertz CT molecular complexity index is 311. The lowest BCUT2D eigenvalue weighted by Crippen LogP contribution is -2.30. The van der Waals surface area contributed by atoms with Crippen molar-refractivity contribution in [2.24, 2.45) is 5.92 Å². The number of likely N-dealkylation sites (tertiary alicyclic amines) is 1. The Kier molecular flexibility index (Phi) is 5.70. The molecule has 1 saturated heterocycles. The highest BCUT2D eigenvalue weighted by Gasteiger charge is 2.16. The fourth-order valence-corrected chi connectivity index (χ4v) is 2.54. The van der Waals surface area contributed by atoms with E-state index in [1.807, 2.05) is 6.08 Å². The van der Waals surface area contributed by atoms with Crippen LogP contribution in [-0.4, -0.2) is 24.5 Å². The number of nitrogens with zero attached hydrogens (tertiary/aromatic N) is 1. The van der Waals surface area contributed by atoms with E-state index in [0.717, 1.165) is 12.5 Å². The third kappa shape index (κ3) is 4.51. The van der Waals surface area contributed by atoms with Gasteiger partial charge >= 0.3 is 0 Å². The normalized spacial score (nSPS) is 23.8. The molecule has 17 heavy (non-hydrogen) atoms. The zero-order valence-corrected chi connectivity index (χ0v) is 11.8. The van der Waals surface area contributed by atoms with Gasteiger partial charge in [0.15, 0.2) is 0 Å². The van der Waals surface area contributed by atoms with Gasteiger partial charge in [0.05, 0.1) is 0 Å². The molecule has 1 atom stereocenters. The molecule has 1 aliphatic rings. The van der Waals surface area contributed by atoms with Crippen LogP contribution in [0.15, 0.2) is 36.0 Å². The Balaban J connectivity index is 2.73. The molecule has 0 aromatic carbocycles. The van der Waals surface area contributed by atoms with Crippen LogP contribution in [0, 0.1) is 5.92 Å². The van der Waals surface area contributed by atoms with Crippen molar-refractivity contribution in [3.05, 3.63) is 36.0 Å². The maximum absolute atomic E-state index is 4.10. The van der Waals surface area contributed by atoms with Gasteiger partial charge in [-0.2, -0.15) is 0 Å². The molecule has 1 aliphatic heterocycles. The van der Waals surface area contributed by atoms with E-state index in [1.54, 1.807) is 0 Å². The molecule has 0 radical (unpaired) electrons. The topological polar surface area (TPSA) is 3.24 Å². The summed E-state index contributed by atoms with van der Waals surface area (Å²) in [7, 11) is 0. The predicted octanol–water partition coefficient (Wildman–Crippen LogP) is 4.19. The van der Waals surface area contributed by atoms with Crippen molar-refractivity contribution in [1.82, 2.24) is 4.90 Å². The van der Waals surface area contributed by atoms with Gasteiger partial charge in [-0.05, 0) is 50.3 Å². The van der Waals surface area contributed by atoms with E-state index in [1.165, 1.54) is 49.1 Å². The highest BCUT2D eigenvalue weighted by Crippen LogP contribution is 2.20. The first kappa shape index (κ1) is 14.2. The fourth-order valence-electron chi connectivity index (χ4n) is 2.54. The van der Waals surface area contributed by atoms with Crippen molar-refractivity contribution in [1.29, 1.82) is 0 Å². The molecule has 0 spiro atoms. The second-order valence-electron chi connectivity index (χ2n) is 5.48. The zero-order chi connectivity index (χ0) is 12.8. The third-order valence-electron chi connectivity index (χ3n) is 3.67. The van der Waals surface area contributed by atoms with Gasteiger partial charge in [-0.1, -0.05) is 38.2 Å². The van der Waals surface area contributed by atoms with Crippen LogP contribution in [0.2, 0.25) is 0 Å². The van der Waals surface area contributed by atoms with Crippen molar-refractivity contribution >= 4 is 0 Å². The predicted molar refractivity (Wildman–Crippen MR) is 77.2 cm³/mol. The first-order valence-corrected chi connectivity index (χ1v) is 6.75. The molecule has 0 bridgehead atoms. The summed E-state index contributed by atoms with van der Waals surface area (Å²) >= 11 is 0. The summed E-state index contributed by atoms with van der Waals surface area (Å²) in [5, 5.41) is 0. The third-order valence-corrected chi connectivity index (χ3v) is 3.67. The molecule has 1 fully saturated rings. The Morgan fingerprint density at radius 1 is 1.35 bits per heavy atom. The molecular formula is C16H27N. The average Bonchev–Trinajstić information content (AvgIpc) is 2.49. The first-order chi connectivity index (χ1) is 8.04. The summed E-state index contributed by atoms with van der Waals surface area (Å²) in [5.74, 6) is 0.827. The van der Waals surface area contributed by atoms with Gasteiger partial charge in [0.25, 0.3) is 0 Å². The standard InChI is InChI=1S/C16H27N/c1-6-15(5)16(13(2)3)12-17-10-8-7-9-14(4)11-17/h6,14H,1-2,7-12H2,3-5H3/b16-15-. The Morgan fingerprint density at radius 3 is 2.65 bits per heavy atom. The van der Waals surface area contributed by atoms with Gasteiger partial charge in [-0.15, -0.1) is 0 Å². The maximum atomic E-state index is 4.10. The van der Waals surface area contributed by atoms with E-state index >= 15 is 0 Å². The van der Waals surface area contributed by atoms with Gasteiger partial charge in [0.2, 0.25) is 0 Å². The highest BCUT2D eigenvalue weighted by molar-refractivity contribution is 5.36. The number of allylic oxidation sites excluding steroid dienone is 2. The summed E-state index contributed by atoms with van der Waals surface area (Å²) in [6, 6.07) is 0. The van der Waals surface area contributed by atoms with Crippen LogP contribution in [0.25, 0.3) is 0 Å². The molecule has 1 heterocycles. The Hall–Kier alpha value is -0.820. The van der Waals surface area contributed by atoms with Crippen molar-refractivity contribution in [3.8, 4) is 0 Å². The molecule has 1 rings (SSSR count). The molecule has 0 aromatic rings. The van der Waals surface area contributed by atoms with Gasteiger partial charge in [-0.25, -0.2) is 0 Å². The summed E-state index contributed by atoms with van der Waals surface area (Å²) in [4.78, 5) is 2.58. The minimum Gasteiger partial charge on any atom is -0.299 e. The van der Waals surface area contributed by atoms with Crippen LogP contribution in [0.3, 0.4) is 0 Å². The second kappa shape index (κ2) is 6.80. The van der Waals surface area contributed by atoms with Crippen molar-refractivity contribution < 1.29 is 0 Å². The number of hydrogen-bond acceptors (Lipinski definition) is 1. The SMILES string of the molecule is C=C/C(C)=C(/CN1CCCCC(C)C1)C(=C)C. The summed E-state index contributed by atoms with van der Waals surface area (Å²) < 4.78 is 0. The lowest BCUT2D eigenvalue weighted by molar-refractivity contribution is 0.277. The van der Waals surface area contributed by atoms with Crippen LogP contribution >= 0.6 is 0 Å². The Morgan fingerprint density at radius 2 is 2.06 bits per heavy atom. The average molecular weight is 233 g/mol. The quantitative estimate of drug-likeness (QED) is 0.658. The Labute approximate surface area is 107 Å². The van der Waals surface area contributed by atoms with Gasteiger partial charge in [0.1, 0.15) is 0 Å². The van der Waals surface area contributed by atoms with E-state index in [-0.39, 0.29) is 0 Å². The van der Waals surface area contributed by atoms with E-state index in [2.05, 4.69) is 38.8 Å². The largest absolute Gasteiger partial charge is 0.299 e. The lowest BCUT2D eigenvalue weighted by Gasteiger charge is -2.25. The minimum atomic E-state index is 0.827. The molecule has 0 N–H and O–H groups in total. The molecule has 96 valence electrons. The van der Waals surface area contributed by atoms with E-state index in [0.29, 0.717) is 0 Å². The van der Waals surface area contributed by atoms with Gasteiger partial charge in [-0.3, -0.25) is 4.90 Å². The van der Waals surface area contributed by atoms with E-state index in [4.69, 9.17) is 0 Å². The van der Waals surface area contributed by atoms with Crippen LogP contribution in [-0.2, 0) is 0 Å². The molecule has 0 saturated carbocycles. The van der Waals surface area contributed by atoms with Crippen LogP contribution in [0.4, 0.5) is 0 Å². The lowest BCUT2D eigenvalue weighted by atomic mass is 10.0. The van der Waals surface area contributed by atoms with Crippen molar-refractivity contribution in [3.63, 3.8) is 0 Å². The molecule has 1 unspecified atom stereocenters. The van der Waals surface area contributed by atoms with Crippen LogP contribution < -0.4 is 0 Å². The molecule has 1 heteroatoms. The number of hydrogen-bond donors (Lipinski definition) is 0. The van der Waals surface area contributed by atoms with E-state index < -0.39 is 0 Å². The number of rotatable bonds is 4. The van der Waals surface area contributed by atoms with Crippen LogP contribution in [0.5, 0.6) is 0 Å². The summed E-state index contributed by atoms with van der Waals surface area (Å²) in [6.07, 6.45) is 6.04. The molecule has 0 aliphatic carbocycles. The van der Waals surface area contributed by atoms with Crippen molar-refractivity contribution in [2.45, 2.75) is 40.0 Å². The fraction of sp³-hybridized carbons (Fsp3) is 0.625. The highest BCUT2D eigenvalue weighted by atomic mass is 15.1. The summed E-state index contributed by atoms with van der Waals surface area (Å²) in [6.45, 7) is 18.1. The smallest absolute Gasteiger partial charge is 0.0238 e. The van der Waals surface area contributed by atoms with E-state index in [9.17, 15) is 0 Å². The molecule has 0 aromatic heterocycles. The second-order valence-corrected chi connectivity index (χ2v) is 5.48.